The van der Waals surface area contributed by atoms with Crippen LogP contribution in [0.1, 0.15) is 0 Å². The Balaban J connectivity index is 0. The Hall–Kier alpha value is 1.79. The van der Waals surface area contributed by atoms with E-state index < -0.39 is 15.9 Å². The summed E-state index contributed by atoms with van der Waals surface area (Å²) in [6.45, 7) is 1.52. The van der Waals surface area contributed by atoms with Gasteiger partial charge in [0.25, 0.3) is 0 Å². The van der Waals surface area contributed by atoms with Gasteiger partial charge in [-0.1, -0.05) is 0 Å². The fourth-order valence-corrected chi connectivity index (χ4v) is 2.51. The number of hydrogen-bond donors (Lipinski definition) is 1. The predicted molar refractivity (Wildman–Crippen MR) is 68.1 cm³/mol. The van der Waals surface area contributed by atoms with Crippen molar-refractivity contribution in [3.05, 3.63) is 0 Å². The van der Waals surface area contributed by atoms with Gasteiger partial charge in [0, 0.05) is 30.9 Å². The monoisotopic (exact) mass is 377 g/mol. The summed E-state index contributed by atoms with van der Waals surface area (Å²) < 4.78 is 35.9. The van der Waals surface area contributed by atoms with E-state index >= 15 is 0 Å². The Kier molecular flexibility index (Phi) is 15.6. The summed E-state index contributed by atoms with van der Waals surface area (Å²) in [7, 11) is -4.26. The van der Waals surface area contributed by atoms with Crippen molar-refractivity contribution in [1.82, 2.24) is 15.1 Å². The molecule has 0 spiro atoms. The molecule has 1 heterocycles. The Morgan fingerprint density at radius 1 is 1.38 bits per heavy atom. The molecule has 0 aliphatic carbocycles. The number of thiocarbonyl (C=S) groups is 1. The summed E-state index contributed by atoms with van der Waals surface area (Å²) in [5.41, 5.74) is 0. The second-order valence-electron chi connectivity index (χ2n) is 3.66. The molecule has 0 aromatic heterocycles. The summed E-state index contributed by atoms with van der Waals surface area (Å²) in [6.07, 6.45) is 0. The van der Waals surface area contributed by atoms with Crippen LogP contribution in [0.25, 0.3) is 0 Å². The first-order chi connectivity index (χ1) is 8.92. The number of nitrogens with zero attached hydrogens (tertiary/aromatic N) is 2. The van der Waals surface area contributed by atoms with E-state index in [0.29, 0.717) is 30.7 Å². The van der Waals surface area contributed by atoms with Crippen molar-refractivity contribution in [2.24, 2.45) is 0 Å². The first-order valence-electron chi connectivity index (χ1n) is 5.19. The van der Waals surface area contributed by atoms with Gasteiger partial charge in [-0.3, -0.25) is 9.94 Å². The van der Waals surface area contributed by atoms with E-state index in [0.717, 1.165) is 12.0 Å². The molecular weight excluding hydrogens is 364 g/mol. The second kappa shape index (κ2) is 13.1. The first-order valence-corrected chi connectivity index (χ1v) is 8.09. The molecular formula is C7H13N3Na2O6S3. The fraction of sp³-hybridized carbons (Fsp3) is 0.857. The smallest absolute Gasteiger partial charge is 0.748 e. The van der Waals surface area contributed by atoms with E-state index in [4.69, 9.17) is 12.2 Å². The molecule has 1 aliphatic rings. The maximum atomic E-state index is 10.6. The zero-order valence-corrected chi connectivity index (χ0v) is 18.3. The van der Waals surface area contributed by atoms with Crippen LogP contribution in [0.5, 0.6) is 0 Å². The molecule has 0 saturated carbocycles. The molecule has 112 valence electrons. The van der Waals surface area contributed by atoms with Crippen LogP contribution in [0.4, 0.5) is 0 Å². The van der Waals surface area contributed by atoms with Crippen molar-refractivity contribution in [3.8, 4) is 0 Å². The zero-order chi connectivity index (χ0) is 14.3. The van der Waals surface area contributed by atoms with Crippen LogP contribution in [0.15, 0.2) is 0 Å². The zero-order valence-electron chi connectivity index (χ0n) is 11.8. The van der Waals surface area contributed by atoms with Gasteiger partial charge in [0.1, 0.15) is 0 Å². The van der Waals surface area contributed by atoms with E-state index in [2.05, 4.69) is 14.7 Å². The normalized spacial score (nSPS) is 15.9. The van der Waals surface area contributed by atoms with Gasteiger partial charge in [-0.15, -0.1) is 0 Å². The molecule has 0 atom stereocenters. The van der Waals surface area contributed by atoms with E-state index in [9.17, 15) is 18.2 Å². The maximum absolute atomic E-state index is 10.6. The molecule has 0 aromatic carbocycles. The van der Waals surface area contributed by atoms with Gasteiger partial charge in [0.15, 0.2) is 5.11 Å². The molecule has 0 radical (unpaired) electrons. The molecule has 0 unspecified atom stereocenters. The average molecular weight is 377 g/mol. The number of rotatable bonds is 8. The van der Waals surface area contributed by atoms with Crippen molar-refractivity contribution in [1.29, 1.82) is 0 Å². The van der Waals surface area contributed by atoms with Crippen molar-refractivity contribution >= 4 is 39.5 Å². The Morgan fingerprint density at radius 3 is 2.62 bits per heavy atom. The van der Waals surface area contributed by atoms with E-state index in [1.807, 2.05) is 4.90 Å². The molecule has 0 amide bonds. The SMILES string of the molecule is O=S(=O)([O-])CCN1CN(CCSOO[O-])CNC1=S.[Na+].[Na+]. The van der Waals surface area contributed by atoms with E-state index in [-0.39, 0.29) is 65.7 Å². The summed E-state index contributed by atoms with van der Waals surface area (Å²) in [5, 5.41) is 16.1. The van der Waals surface area contributed by atoms with Gasteiger partial charge in [-0.25, -0.2) is 8.42 Å². The Labute approximate surface area is 177 Å². The van der Waals surface area contributed by atoms with Gasteiger partial charge in [-0.2, -0.15) is 4.33 Å². The third kappa shape index (κ3) is 11.9. The van der Waals surface area contributed by atoms with E-state index in [1.54, 1.807) is 4.90 Å². The fourth-order valence-electron chi connectivity index (χ4n) is 1.41. The second-order valence-corrected chi connectivity index (χ2v) is 6.35. The van der Waals surface area contributed by atoms with Crippen molar-refractivity contribution in [3.63, 3.8) is 0 Å². The molecule has 9 nitrogen and oxygen atoms in total. The third-order valence-electron chi connectivity index (χ3n) is 2.29. The quantitative estimate of drug-likeness (QED) is 0.0826. The van der Waals surface area contributed by atoms with Gasteiger partial charge in [-0.05, 0) is 12.2 Å². The molecule has 0 aromatic rings. The molecule has 21 heavy (non-hydrogen) atoms. The van der Waals surface area contributed by atoms with Gasteiger partial charge in [0.2, 0.25) is 0 Å². The van der Waals surface area contributed by atoms with Crippen molar-refractivity contribution in [2.75, 3.05) is 37.9 Å². The topological polar surface area (TPSA) is 117 Å². The van der Waals surface area contributed by atoms with Crippen LogP contribution in [0.2, 0.25) is 0 Å². The molecule has 1 saturated heterocycles. The van der Waals surface area contributed by atoms with Gasteiger partial charge in [0.05, 0.1) is 29.2 Å². The Morgan fingerprint density at radius 2 is 2.05 bits per heavy atom. The van der Waals surface area contributed by atoms with Crippen LogP contribution < -0.4 is 69.7 Å². The van der Waals surface area contributed by atoms with Crippen molar-refractivity contribution < 1.29 is 86.7 Å². The third-order valence-corrected chi connectivity index (χ3v) is 3.88. The Bertz CT molecular complexity index is 401. The van der Waals surface area contributed by atoms with Crippen molar-refractivity contribution in [2.45, 2.75) is 0 Å². The summed E-state index contributed by atoms with van der Waals surface area (Å²) in [6, 6.07) is 0. The minimum absolute atomic E-state index is 0. The predicted octanol–water partition coefficient (Wildman–Crippen LogP) is -8.18. The van der Waals surface area contributed by atoms with Gasteiger partial charge >= 0.3 is 59.1 Å². The van der Waals surface area contributed by atoms with E-state index in [1.165, 1.54) is 0 Å². The van der Waals surface area contributed by atoms with Crippen LogP contribution in [-0.2, 0) is 19.5 Å². The summed E-state index contributed by atoms with van der Waals surface area (Å²) in [5.74, 6) is -0.00504. The largest absolute Gasteiger partial charge is 1.00 e. The minimum atomic E-state index is -4.26. The molecule has 1 N–H and O–H groups in total. The first kappa shape index (κ1) is 25.0. The summed E-state index contributed by atoms with van der Waals surface area (Å²) >= 11 is 5.89. The molecule has 0 bridgehead atoms. The molecule has 1 fully saturated rings. The molecule has 1 aliphatic heterocycles. The van der Waals surface area contributed by atoms with Gasteiger partial charge < -0.3 is 20.0 Å². The van der Waals surface area contributed by atoms with Crippen LogP contribution in [0.3, 0.4) is 0 Å². The standard InChI is InChI=1S/C7H15N3O6S3.2Na/c11-15-16-18-3-1-9-5-8-7(17)10(6-9)2-4-19(12,13)14;;/h11H,1-6H2,(H,8,17)(H,12,13,14);;/q;2*+1/p-2. The maximum Gasteiger partial charge on any atom is 1.00 e. The van der Waals surface area contributed by atoms with Crippen LogP contribution in [0, 0.1) is 0 Å². The number of hydrogen-bond acceptors (Lipinski definition) is 9. The average Bonchev–Trinajstić information content (AvgIpc) is 2.34. The number of nitrogens with one attached hydrogen (secondary N) is 1. The van der Waals surface area contributed by atoms with Crippen LogP contribution in [-0.4, -0.2) is 65.8 Å². The van der Waals surface area contributed by atoms with Crippen LogP contribution >= 0.6 is 24.3 Å². The molecule has 14 heteroatoms. The minimum Gasteiger partial charge on any atom is -0.748 e. The molecule has 1 rings (SSSR count). The summed E-state index contributed by atoms with van der Waals surface area (Å²) in [4.78, 5) is 3.50.